The van der Waals surface area contributed by atoms with Gasteiger partial charge in [-0.1, -0.05) is 12.1 Å². The number of methoxy groups -OCH3 is 2. The van der Waals surface area contributed by atoms with E-state index >= 15 is 0 Å². The molecule has 0 unspecified atom stereocenters. The molecule has 0 saturated carbocycles. The zero-order valence-electron chi connectivity index (χ0n) is 16.5. The van der Waals surface area contributed by atoms with Gasteiger partial charge in [-0.05, 0) is 43.3 Å². The Kier molecular flexibility index (Phi) is 6.13. The van der Waals surface area contributed by atoms with Gasteiger partial charge in [-0.2, -0.15) is 0 Å². The van der Waals surface area contributed by atoms with E-state index in [0.29, 0.717) is 35.5 Å². The summed E-state index contributed by atoms with van der Waals surface area (Å²) in [6.07, 6.45) is 0. The van der Waals surface area contributed by atoms with E-state index in [1.54, 1.807) is 62.6 Å². The van der Waals surface area contributed by atoms with Crippen LogP contribution in [-0.2, 0) is 9.53 Å². The molecule has 0 radical (unpaired) electrons. The highest BCUT2D eigenvalue weighted by molar-refractivity contribution is 5.84. The number of nitrogens with one attached hydrogen (secondary N) is 1. The molecule has 0 aliphatic rings. The summed E-state index contributed by atoms with van der Waals surface area (Å²) in [5.41, 5.74) is -0.235. The van der Waals surface area contributed by atoms with Gasteiger partial charge < -0.3 is 14.8 Å². The van der Waals surface area contributed by atoms with E-state index in [9.17, 15) is 14.4 Å². The number of aromatic nitrogens is 2. The Labute approximate surface area is 167 Å². The summed E-state index contributed by atoms with van der Waals surface area (Å²) in [5, 5.41) is 3.08. The van der Waals surface area contributed by atoms with E-state index in [1.807, 2.05) is 0 Å². The first kappa shape index (κ1) is 20.3. The number of rotatable bonds is 7. The standard InChI is InChI=1S/C21H23N3O5/c1-14(19(25)22-12-13-28-2)23-18-7-5-4-6-17(18)20(26)24(21(23)27)15-8-10-16(29-3)11-9-15/h4-11,14H,12-13H2,1-3H3,(H,22,25)/t14-/m0/s1. The number of hydrogen-bond donors (Lipinski definition) is 1. The quantitative estimate of drug-likeness (QED) is 0.610. The van der Waals surface area contributed by atoms with E-state index < -0.39 is 17.3 Å². The highest BCUT2D eigenvalue weighted by Crippen LogP contribution is 2.16. The third kappa shape index (κ3) is 3.93. The van der Waals surface area contributed by atoms with Crippen molar-refractivity contribution in [3.63, 3.8) is 0 Å². The maximum absolute atomic E-state index is 13.3. The molecule has 0 spiro atoms. The molecule has 1 atom stereocenters. The van der Waals surface area contributed by atoms with Gasteiger partial charge in [0.1, 0.15) is 11.8 Å². The van der Waals surface area contributed by atoms with Gasteiger partial charge in [-0.15, -0.1) is 0 Å². The van der Waals surface area contributed by atoms with Crippen molar-refractivity contribution in [2.75, 3.05) is 27.4 Å². The molecule has 0 fully saturated rings. The number of nitrogens with zero attached hydrogens (tertiary/aromatic N) is 2. The van der Waals surface area contributed by atoms with Crippen molar-refractivity contribution in [1.29, 1.82) is 0 Å². The largest absolute Gasteiger partial charge is 0.497 e. The van der Waals surface area contributed by atoms with E-state index in [0.717, 1.165) is 4.57 Å². The van der Waals surface area contributed by atoms with Crippen molar-refractivity contribution in [2.45, 2.75) is 13.0 Å². The van der Waals surface area contributed by atoms with Gasteiger partial charge >= 0.3 is 5.69 Å². The number of para-hydroxylation sites is 1. The van der Waals surface area contributed by atoms with Crippen LogP contribution in [0, 0.1) is 0 Å². The second-order valence-electron chi connectivity index (χ2n) is 6.47. The molecule has 0 saturated heterocycles. The Hall–Kier alpha value is -3.39. The highest BCUT2D eigenvalue weighted by atomic mass is 16.5. The first-order valence-electron chi connectivity index (χ1n) is 9.17. The summed E-state index contributed by atoms with van der Waals surface area (Å²) in [7, 11) is 3.08. The van der Waals surface area contributed by atoms with Crippen LogP contribution in [0.25, 0.3) is 16.6 Å². The average Bonchev–Trinajstić information content (AvgIpc) is 2.74. The lowest BCUT2D eigenvalue weighted by Gasteiger charge is -2.19. The summed E-state index contributed by atoms with van der Waals surface area (Å²) in [5.74, 6) is 0.267. The third-order valence-electron chi connectivity index (χ3n) is 4.70. The van der Waals surface area contributed by atoms with Crippen molar-refractivity contribution < 1.29 is 14.3 Å². The lowest BCUT2D eigenvalue weighted by Crippen LogP contribution is -2.44. The van der Waals surface area contributed by atoms with Gasteiger partial charge in [0.25, 0.3) is 5.56 Å². The second-order valence-corrected chi connectivity index (χ2v) is 6.47. The Morgan fingerprint density at radius 2 is 1.76 bits per heavy atom. The first-order chi connectivity index (χ1) is 14.0. The van der Waals surface area contributed by atoms with Crippen LogP contribution in [0.4, 0.5) is 0 Å². The van der Waals surface area contributed by atoms with Gasteiger partial charge in [-0.25, -0.2) is 9.36 Å². The molecule has 1 N–H and O–H groups in total. The summed E-state index contributed by atoms with van der Waals surface area (Å²) in [6, 6.07) is 12.5. The van der Waals surface area contributed by atoms with Gasteiger partial charge in [-0.3, -0.25) is 14.2 Å². The molecule has 8 heteroatoms. The third-order valence-corrected chi connectivity index (χ3v) is 4.70. The molecule has 0 aliphatic heterocycles. The molecular formula is C21H23N3O5. The predicted octanol–water partition coefficient (Wildman–Crippen LogP) is 1.48. The van der Waals surface area contributed by atoms with Crippen LogP contribution in [0.1, 0.15) is 13.0 Å². The molecule has 2 aromatic carbocycles. The second kappa shape index (κ2) is 8.74. The van der Waals surface area contributed by atoms with E-state index in [4.69, 9.17) is 9.47 Å². The fourth-order valence-electron chi connectivity index (χ4n) is 3.16. The number of carbonyl (C=O) groups is 1. The van der Waals surface area contributed by atoms with Crippen LogP contribution >= 0.6 is 0 Å². The van der Waals surface area contributed by atoms with E-state index in [2.05, 4.69) is 5.32 Å². The summed E-state index contributed by atoms with van der Waals surface area (Å²) < 4.78 is 12.5. The molecule has 0 bridgehead atoms. The molecule has 1 heterocycles. The van der Waals surface area contributed by atoms with E-state index in [1.165, 1.54) is 11.7 Å². The number of benzene rings is 2. The Morgan fingerprint density at radius 1 is 1.07 bits per heavy atom. The molecule has 0 aliphatic carbocycles. The van der Waals surface area contributed by atoms with Crippen molar-refractivity contribution in [3.8, 4) is 11.4 Å². The molecule has 1 aromatic heterocycles. The topological polar surface area (TPSA) is 91.6 Å². The van der Waals surface area contributed by atoms with Crippen molar-refractivity contribution >= 4 is 16.8 Å². The lowest BCUT2D eigenvalue weighted by atomic mass is 10.2. The minimum absolute atomic E-state index is 0.324. The molecular weight excluding hydrogens is 374 g/mol. The summed E-state index contributed by atoms with van der Waals surface area (Å²) >= 11 is 0. The maximum atomic E-state index is 13.3. The predicted molar refractivity (Wildman–Crippen MR) is 110 cm³/mol. The van der Waals surface area contributed by atoms with Crippen LogP contribution in [0.3, 0.4) is 0 Å². The van der Waals surface area contributed by atoms with Crippen LogP contribution in [0.15, 0.2) is 58.1 Å². The smallest absolute Gasteiger partial charge is 0.336 e. The zero-order valence-corrected chi connectivity index (χ0v) is 16.5. The summed E-state index contributed by atoms with van der Waals surface area (Å²) in [6.45, 7) is 2.31. The molecule has 3 rings (SSSR count). The number of hydrogen-bond acceptors (Lipinski definition) is 5. The Bertz CT molecular complexity index is 1130. The van der Waals surface area contributed by atoms with Crippen LogP contribution < -0.4 is 21.3 Å². The SMILES string of the molecule is COCCNC(=O)[C@H](C)n1c(=O)n(-c2ccc(OC)cc2)c(=O)c2ccccc21. The fourth-order valence-corrected chi connectivity index (χ4v) is 3.16. The summed E-state index contributed by atoms with van der Waals surface area (Å²) in [4.78, 5) is 39.0. The van der Waals surface area contributed by atoms with Crippen LogP contribution in [-0.4, -0.2) is 42.4 Å². The van der Waals surface area contributed by atoms with Crippen molar-refractivity contribution in [2.24, 2.45) is 0 Å². The molecule has 3 aromatic rings. The average molecular weight is 397 g/mol. The minimum atomic E-state index is -0.825. The number of fused-ring (bicyclic) bond motifs is 1. The normalized spacial score (nSPS) is 12.0. The van der Waals surface area contributed by atoms with Gasteiger partial charge in [0, 0.05) is 13.7 Å². The van der Waals surface area contributed by atoms with Gasteiger partial charge in [0.05, 0.1) is 30.3 Å². The van der Waals surface area contributed by atoms with Gasteiger partial charge in [0.15, 0.2) is 0 Å². The van der Waals surface area contributed by atoms with Crippen LogP contribution in [0.5, 0.6) is 5.75 Å². The number of amides is 1. The monoisotopic (exact) mass is 397 g/mol. The Morgan fingerprint density at radius 3 is 2.41 bits per heavy atom. The lowest BCUT2D eigenvalue weighted by molar-refractivity contribution is -0.124. The maximum Gasteiger partial charge on any atom is 0.336 e. The highest BCUT2D eigenvalue weighted by Gasteiger charge is 2.22. The number of ether oxygens (including phenoxy) is 2. The van der Waals surface area contributed by atoms with Crippen molar-refractivity contribution in [1.82, 2.24) is 14.5 Å². The van der Waals surface area contributed by atoms with Crippen LogP contribution in [0.2, 0.25) is 0 Å². The Balaban J connectivity index is 2.20. The van der Waals surface area contributed by atoms with Crippen molar-refractivity contribution in [3.05, 3.63) is 69.4 Å². The molecule has 29 heavy (non-hydrogen) atoms. The minimum Gasteiger partial charge on any atom is -0.497 e. The fraction of sp³-hybridized carbons (Fsp3) is 0.286. The van der Waals surface area contributed by atoms with E-state index in [-0.39, 0.29) is 5.91 Å². The number of carbonyl (C=O) groups excluding carboxylic acids is 1. The first-order valence-corrected chi connectivity index (χ1v) is 9.17. The zero-order chi connectivity index (χ0) is 21.0. The molecule has 8 nitrogen and oxygen atoms in total. The molecule has 1 amide bonds. The molecule has 152 valence electrons. The van der Waals surface area contributed by atoms with Gasteiger partial charge in [0.2, 0.25) is 5.91 Å².